The molecule has 6 heterocycles. The first-order valence-electron chi connectivity index (χ1n) is 10.4. The van der Waals surface area contributed by atoms with Crippen molar-refractivity contribution < 1.29 is 9.53 Å². The summed E-state index contributed by atoms with van der Waals surface area (Å²) in [6, 6.07) is 11.4. The fraction of sp³-hybridized carbons (Fsp3) is 0.217. The lowest BCUT2D eigenvalue weighted by atomic mass is 9.98. The van der Waals surface area contributed by atoms with Crippen LogP contribution in [0.1, 0.15) is 39.2 Å². The molecule has 5 aromatic heterocycles. The van der Waals surface area contributed by atoms with Crippen LogP contribution in [0.5, 0.6) is 5.75 Å². The fourth-order valence-electron chi connectivity index (χ4n) is 4.51. The highest BCUT2D eigenvalue weighted by Crippen LogP contribution is 2.35. The summed E-state index contributed by atoms with van der Waals surface area (Å²) in [6.07, 6.45) is 5.77. The number of hydrogen-bond acceptors (Lipinski definition) is 5. The molecular formula is C23H21N7O2. The van der Waals surface area contributed by atoms with Crippen LogP contribution >= 0.6 is 0 Å². The molecule has 0 bridgehead atoms. The minimum absolute atomic E-state index is 0.0994. The molecule has 9 nitrogen and oxygen atoms in total. The second kappa shape index (κ2) is 6.94. The number of amides is 1. The van der Waals surface area contributed by atoms with Crippen LogP contribution in [0.15, 0.2) is 55.1 Å². The summed E-state index contributed by atoms with van der Waals surface area (Å²) < 4.78 is 8.84. The zero-order valence-corrected chi connectivity index (χ0v) is 17.7. The van der Waals surface area contributed by atoms with Crippen LogP contribution < -0.4 is 4.74 Å². The number of methoxy groups -OCH3 is 1. The molecule has 0 aromatic carbocycles. The molecule has 0 fully saturated rings. The second-order valence-corrected chi connectivity index (χ2v) is 7.95. The smallest absolute Gasteiger partial charge is 0.258 e. The molecule has 5 aromatic rings. The Balaban J connectivity index is 1.47. The molecule has 0 saturated carbocycles. The minimum atomic E-state index is -0.384. The third-order valence-electron chi connectivity index (χ3n) is 6.12. The van der Waals surface area contributed by atoms with E-state index in [2.05, 4.69) is 15.1 Å². The van der Waals surface area contributed by atoms with Gasteiger partial charge in [-0.05, 0) is 37.3 Å². The summed E-state index contributed by atoms with van der Waals surface area (Å²) in [5, 5.41) is 9.21. The number of aromatic amines is 1. The lowest BCUT2D eigenvalue weighted by molar-refractivity contribution is 0.0689. The summed E-state index contributed by atoms with van der Waals surface area (Å²) in [6.45, 7) is 2.57. The lowest BCUT2D eigenvalue weighted by Gasteiger charge is -2.33. The van der Waals surface area contributed by atoms with Crippen LogP contribution in [0.2, 0.25) is 0 Å². The zero-order chi connectivity index (χ0) is 21.8. The second-order valence-electron chi connectivity index (χ2n) is 7.95. The third kappa shape index (κ3) is 2.71. The normalized spacial score (nSPS) is 15.9. The van der Waals surface area contributed by atoms with Gasteiger partial charge in [-0.3, -0.25) is 4.79 Å². The number of ether oxygens (including phenoxy) is 1. The number of aromatic nitrogens is 6. The third-order valence-corrected chi connectivity index (χ3v) is 6.12. The first-order chi connectivity index (χ1) is 15.6. The van der Waals surface area contributed by atoms with Gasteiger partial charge in [-0.15, -0.1) is 0 Å². The van der Waals surface area contributed by atoms with E-state index in [9.17, 15) is 4.79 Å². The van der Waals surface area contributed by atoms with Gasteiger partial charge in [0.05, 0.1) is 53.8 Å². The Labute approximate surface area is 183 Å². The van der Waals surface area contributed by atoms with Gasteiger partial charge in [0.15, 0.2) is 0 Å². The summed E-state index contributed by atoms with van der Waals surface area (Å²) >= 11 is 0. The molecule has 6 rings (SSSR count). The van der Waals surface area contributed by atoms with Gasteiger partial charge in [-0.1, -0.05) is 6.07 Å². The van der Waals surface area contributed by atoms with E-state index in [1.54, 1.807) is 30.3 Å². The molecule has 1 atom stereocenters. The molecule has 1 aliphatic heterocycles. The molecule has 1 unspecified atom stereocenters. The molecule has 9 heteroatoms. The van der Waals surface area contributed by atoms with E-state index < -0.39 is 0 Å². The molecule has 1 aliphatic rings. The lowest BCUT2D eigenvalue weighted by Crippen LogP contribution is -2.41. The van der Waals surface area contributed by atoms with Crippen LogP contribution in [0.25, 0.3) is 11.0 Å². The molecule has 0 radical (unpaired) electrons. The van der Waals surface area contributed by atoms with Crippen molar-refractivity contribution in [2.24, 2.45) is 0 Å². The number of pyridine rings is 2. The average molecular weight is 427 g/mol. The van der Waals surface area contributed by atoms with Crippen molar-refractivity contribution in [1.29, 1.82) is 0 Å². The van der Waals surface area contributed by atoms with Crippen LogP contribution in [-0.2, 0) is 6.42 Å². The predicted octanol–water partition coefficient (Wildman–Crippen LogP) is 2.81. The van der Waals surface area contributed by atoms with Crippen molar-refractivity contribution in [3.05, 3.63) is 83.5 Å². The van der Waals surface area contributed by atoms with Gasteiger partial charge in [-0.25, -0.2) is 14.0 Å². The first-order valence-corrected chi connectivity index (χ1v) is 10.4. The largest absolute Gasteiger partial charge is 0.495 e. The number of nitrogens with one attached hydrogen (secondary N) is 1. The summed E-state index contributed by atoms with van der Waals surface area (Å²) in [5.74, 6) is 0.578. The van der Waals surface area contributed by atoms with Crippen LogP contribution in [-0.4, -0.2) is 53.7 Å². The highest BCUT2D eigenvalue weighted by Gasteiger charge is 2.37. The van der Waals surface area contributed by atoms with E-state index in [0.29, 0.717) is 24.3 Å². The van der Waals surface area contributed by atoms with Gasteiger partial charge >= 0.3 is 0 Å². The molecule has 160 valence electrons. The molecule has 0 saturated heterocycles. The fourth-order valence-corrected chi connectivity index (χ4v) is 4.51. The van der Waals surface area contributed by atoms with Gasteiger partial charge < -0.3 is 14.6 Å². The summed E-state index contributed by atoms with van der Waals surface area (Å²) in [4.78, 5) is 23.4. The number of nitrogens with zero attached hydrogens (tertiary/aromatic N) is 6. The van der Waals surface area contributed by atoms with E-state index in [1.165, 1.54) is 0 Å². The number of fused-ring (bicyclic) bond motifs is 3. The molecule has 0 spiro atoms. The topological polar surface area (TPSA) is 92.8 Å². The SMILES string of the molecule is COc1ccc2c(C(=O)N3CCc4[nH]cnc4C3c3cc4cccc(C)n4n3)cnn2c1. The monoisotopic (exact) mass is 427 g/mol. The van der Waals surface area contributed by atoms with Crippen molar-refractivity contribution in [3.63, 3.8) is 0 Å². The summed E-state index contributed by atoms with van der Waals surface area (Å²) in [7, 11) is 1.60. The minimum Gasteiger partial charge on any atom is -0.495 e. The van der Waals surface area contributed by atoms with Crippen LogP contribution in [0, 0.1) is 6.92 Å². The Bertz CT molecular complexity index is 1480. The number of carbonyl (C=O) groups is 1. The Morgan fingerprint density at radius 3 is 3.00 bits per heavy atom. The van der Waals surface area contributed by atoms with Crippen LogP contribution in [0.3, 0.4) is 0 Å². The highest BCUT2D eigenvalue weighted by atomic mass is 16.5. The standard InChI is InChI=1S/C23H21N7O2/c1-14-4-3-5-15-10-19(27-30(14)15)22-21-18(24-13-25-21)8-9-28(22)23(31)17-11-26-29-12-16(32-2)6-7-20(17)29/h3-7,10-13,22H,8-9H2,1-2H3,(H,24,25). The van der Waals surface area contributed by atoms with E-state index in [1.807, 2.05) is 52.7 Å². The van der Waals surface area contributed by atoms with Crippen LogP contribution in [0.4, 0.5) is 0 Å². The number of aryl methyl sites for hydroxylation is 1. The number of H-pyrrole nitrogens is 1. The average Bonchev–Trinajstić information content (AvgIpc) is 3.55. The maximum Gasteiger partial charge on any atom is 0.258 e. The molecule has 0 aliphatic carbocycles. The van der Waals surface area contributed by atoms with Crippen molar-refractivity contribution in [2.45, 2.75) is 19.4 Å². The Morgan fingerprint density at radius 2 is 2.16 bits per heavy atom. The highest BCUT2D eigenvalue weighted by molar-refractivity contribution is 6.01. The van der Waals surface area contributed by atoms with Gasteiger partial charge in [0.25, 0.3) is 5.91 Å². The number of rotatable bonds is 3. The van der Waals surface area contributed by atoms with E-state index in [-0.39, 0.29) is 11.9 Å². The van der Waals surface area contributed by atoms with E-state index in [0.717, 1.165) is 33.8 Å². The quantitative estimate of drug-likeness (QED) is 0.478. The predicted molar refractivity (Wildman–Crippen MR) is 117 cm³/mol. The zero-order valence-electron chi connectivity index (χ0n) is 17.7. The van der Waals surface area contributed by atoms with Gasteiger partial charge in [0, 0.05) is 24.4 Å². The number of imidazole rings is 1. The molecule has 32 heavy (non-hydrogen) atoms. The van der Waals surface area contributed by atoms with Crippen molar-refractivity contribution >= 4 is 16.9 Å². The Morgan fingerprint density at radius 1 is 1.25 bits per heavy atom. The van der Waals surface area contributed by atoms with E-state index >= 15 is 0 Å². The number of hydrogen-bond donors (Lipinski definition) is 1. The molecular weight excluding hydrogens is 406 g/mol. The molecule has 1 N–H and O–H groups in total. The summed E-state index contributed by atoms with van der Waals surface area (Å²) in [5.41, 5.74) is 5.95. The van der Waals surface area contributed by atoms with Crippen molar-refractivity contribution in [1.82, 2.24) is 34.1 Å². The molecule has 1 amide bonds. The Hall–Kier alpha value is -4.14. The van der Waals surface area contributed by atoms with Gasteiger partial charge in [0.2, 0.25) is 0 Å². The maximum absolute atomic E-state index is 13.8. The van der Waals surface area contributed by atoms with Gasteiger partial charge in [0.1, 0.15) is 11.8 Å². The van der Waals surface area contributed by atoms with Crippen molar-refractivity contribution in [2.75, 3.05) is 13.7 Å². The van der Waals surface area contributed by atoms with Gasteiger partial charge in [-0.2, -0.15) is 10.2 Å². The van der Waals surface area contributed by atoms with E-state index in [4.69, 9.17) is 9.84 Å². The maximum atomic E-state index is 13.8. The van der Waals surface area contributed by atoms with Crippen molar-refractivity contribution in [3.8, 4) is 5.75 Å². The first kappa shape index (κ1) is 18.6. The Kier molecular flexibility index (Phi) is 4.04. The number of carbonyl (C=O) groups excluding carboxylic acids is 1.